The van der Waals surface area contributed by atoms with Crippen molar-refractivity contribution in [2.45, 2.75) is 32.3 Å². The van der Waals surface area contributed by atoms with Crippen molar-refractivity contribution in [2.24, 2.45) is 0 Å². The van der Waals surface area contributed by atoms with Crippen molar-refractivity contribution >= 4 is 0 Å². The topological polar surface area (TPSA) is 23.5 Å². The summed E-state index contributed by atoms with van der Waals surface area (Å²) in [6.07, 6.45) is 7.21. The lowest BCUT2D eigenvalue weighted by atomic mass is 10.0. The van der Waals surface area contributed by atoms with Gasteiger partial charge in [-0.3, -0.25) is 0 Å². The molecule has 1 N–H and O–H groups in total. The van der Waals surface area contributed by atoms with E-state index in [4.69, 9.17) is 0 Å². The van der Waals surface area contributed by atoms with Crippen LogP contribution in [0.4, 0.5) is 0 Å². The van der Waals surface area contributed by atoms with E-state index < -0.39 is 0 Å². The van der Waals surface area contributed by atoms with Crippen LogP contribution in [0, 0.1) is 0 Å². The van der Waals surface area contributed by atoms with Crippen molar-refractivity contribution < 1.29 is 5.11 Å². The molecule has 0 aromatic heterocycles. The fraction of sp³-hybridized carbons (Fsp3) is 0.667. The van der Waals surface area contributed by atoms with Crippen molar-refractivity contribution in [1.82, 2.24) is 4.90 Å². The zero-order valence-electron chi connectivity index (χ0n) is 9.45. The van der Waals surface area contributed by atoms with E-state index in [1.54, 1.807) is 0 Å². The number of aliphatic hydroxyl groups excluding tert-OH is 1. The minimum Gasteiger partial charge on any atom is -0.387 e. The maximum Gasteiger partial charge on any atom is 0.0885 e. The molecule has 1 aliphatic carbocycles. The van der Waals surface area contributed by atoms with Gasteiger partial charge in [-0.25, -0.2) is 0 Å². The van der Waals surface area contributed by atoms with Crippen LogP contribution in [0.1, 0.15) is 26.2 Å². The number of hydrogen-bond donors (Lipinski definition) is 1. The third kappa shape index (κ3) is 2.96. The highest BCUT2D eigenvalue weighted by atomic mass is 16.3. The van der Waals surface area contributed by atoms with Gasteiger partial charge in [0.2, 0.25) is 0 Å². The second-order valence-corrected chi connectivity index (χ2v) is 4.19. The Bertz CT molecular complexity index is 241. The summed E-state index contributed by atoms with van der Waals surface area (Å²) in [5.41, 5.74) is 2.57. The zero-order valence-corrected chi connectivity index (χ0v) is 9.45. The third-order valence-electron chi connectivity index (χ3n) is 2.53. The molecule has 80 valence electrons. The molecule has 1 unspecified atom stereocenters. The van der Waals surface area contributed by atoms with Crippen LogP contribution in [0.5, 0.6) is 0 Å². The summed E-state index contributed by atoms with van der Waals surface area (Å²) >= 11 is 0. The van der Waals surface area contributed by atoms with Gasteiger partial charge in [-0.15, -0.1) is 0 Å². The van der Waals surface area contributed by atoms with Gasteiger partial charge in [0.1, 0.15) is 0 Å². The second kappa shape index (κ2) is 5.32. The molecule has 0 heterocycles. The SMILES string of the molecule is CCCC1=C(C(O)CN(C)C)CC=C1. The molecule has 0 aliphatic heterocycles. The van der Waals surface area contributed by atoms with Gasteiger partial charge in [-0.05, 0) is 38.1 Å². The van der Waals surface area contributed by atoms with Gasteiger partial charge in [-0.2, -0.15) is 0 Å². The first-order chi connectivity index (χ1) is 6.65. The van der Waals surface area contributed by atoms with Crippen LogP contribution in [0.3, 0.4) is 0 Å². The number of aliphatic hydroxyl groups is 1. The van der Waals surface area contributed by atoms with Crippen LogP contribution in [0.2, 0.25) is 0 Å². The molecule has 0 bridgehead atoms. The maximum atomic E-state index is 9.98. The Morgan fingerprint density at radius 3 is 2.79 bits per heavy atom. The molecule has 0 spiro atoms. The van der Waals surface area contributed by atoms with E-state index in [1.807, 2.05) is 19.0 Å². The molecule has 0 aromatic carbocycles. The highest BCUT2D eigenvalue weighted by molar-refractivity contribution is 5.36. The number of nitrogens with zero attached hydrogens (tertiary/aromatic N) is 1. The Hall–Kier alpha value is -0.600. The van der Waals surface area contributed by atoms with Crippen LogP contribution < -0.4 is 0 Å². The number of rotatable bonds is 5. The standard InChI is InChI=1S/C12H21NO/c1-4-6-10-7-5-8-11(10)12(14)9-13(2)3/h5,7,12,14H,4,6,8-9H2,1-3H3. The normalized spacial score (nSPS) is 18.4. The maximum absolute atomic E-state index is 9.98. The predicted molar refractivity (Wildman–Crippen MR) is 60.3 cm³/mol. The van der Waals surface area contributed by atoms with Crippen LogP contribution >= 0.6 is 0 Å². The van der Waals surface area contributed by atoms with Gasteiger partial charge in [-0.1, -0.05) is 25.5 Å². The average molecular weight is 195 g/mol. The number of allylic oxidation sites excluding steroid dienone is 3. The number of hydrogen-bond acceptors (Lipinski definition) is 2. The summed E-state index contributed by atoms with van der Waals surface area (Å²) in [5, 5.41) is 9.98. The molecule has 0 fully saturated rings. The molecule has 1 aliphatic rings. The van der Waals surface area contributed by atoms with E-state index >= 15 is 0 Å². The third-order valence-corrected chi connectivity index (χ3v) is 2.53. The van der Waals surface area contributed by atoms with Crippen molar-refractivity contribution in [1.29, 1.82) is 0 Å². The Balaban J connectivity index is 2.61. The Morgan fingerprint density at radius 1 is 1.50 bits per heavy atom. The first-order valence-electron chi connectivity index (χ1n) is 5.36. The first kappa shape index (κ1) is 11.5. The van der Waals surface area contributed by atoms with Crippen molar-refractivity contribution in [3.8, 4) is 0 Å². The molecular formula is C12H21NO. The van der Waals surface area contributed by atoms with Gasteiger partial charge in [0.05, 0.1) is 6.10 Å². The highest BCUT2D eigenvalue weighted by Gasteiger charge is 2.17. The summed E-state index contributed by atoms with van der Waals surface area (Å²) in [6.45, 7) is 2.90. The van der Waals surface area contributed by atoms with Gasteiger partial charge in [0, 0.05) is 6.54 Å². The van der Waals surface area contributed by atoms with E-state index in [1.165, 1.54) is 11.1 Å². The lowest BCUT2D eigenvalue weighted by molar-refractivity contribution is 0.165. The van der Waals surface area contributed by atoms with Gasteiger partial charge in [0.25, 0.3) is 0 Å². The molecule has 0 radical (unpaired) electrons. The quantitative estimate of drug-likeness (QED) is 0.725. The van der Waals surface area contributed by atoms with Crippen molar-refractivity contribution in [2.75, 3.05) is 20.6 Å². The first-order valence-corrected chi connectivity index (χ1v) is 5.36. The molecule has 0 saturated carbocycles. The van der Waals surface area contributed by atoms with Crippen molar-refractivity contribution in [3.05, 3.63) is 23.3 Å². The molecule has 2 nitrogen and oxygen atoms in total. The minimum absolute atomic E-state index is 0.290. The predicted octanol–water partition coefficient (Wildman–Crippen LogP) is 1.97. The lowest BCUT2D eigenvalue weighted by Crippen LogP contribution is -2.27. The average Bonchev–Trinajstić information content (AvgIpc) is 2.51. The Kier molecular flexibility index (Phi) is 4.36. The van der Waals surface area contributed by atoms with Crippen LogP contribution in [0.25, 0.3) is 0 Å². The Labute approximate surface area is 86.9 Å². The largest absolute Gasteiger partial charge is 0.387 e. The minimum atomic E-state index is -0.290. The van der Waals surface area contributed by atoms with Crippen molar-refractivity contribution in [3.63, 3.8) is 0 Å². The molecular weight excluding hydrogens is 174 g/mol. The van der Waals surface area contributed by atoms with Gasteiger partial charge >= 0.3 is 0 Å². The van der Waals surface area contributed by atoms with Gasteiger partial charge in [0.15, 0.2) is 0 Å². The van der Waals surface area contributed by atoms with Crippen LogP contribution in [-0.4, -0.2) is 36.8 Å². The molecule has 0 aromatic rings. The fourth-order valence-corrected chi connectivity index (χ4v) is 1.89. The summed E-state index contributed by atoms with van der Waals surface area (Å²) in [4.78, 5) is 2.03. The van der Waals surface area contributed by atoms with Gasteiger partial charge < -0.3 is 10.0 Å². The molecule has 14 heavy (non-hydrogen) atoms. The highest BCUT2D eigenvalue weighted by Crippen LogP contribution is 2.25. The van der Waals surface area contributed by atoms with E-state index in [2.05, 4.69) is 19.1 Å². The van der Waals surface area contributed by atoms with Crippen LogP contribution in [-0.2, 0) is 0 Å². The van der Waals surface area contributed by atoms with E-state index in [-0.39, 0.29) is 6.10 Å². The molecule has 0 saturated heterocycles. The van der Waals surface area contributed by atoms with Crippen LogP contribution in [0.15, 0.2) is 23.3 Å². The summed E-state index contributed by atoms with van der Waals surface area (Å²) in [6, 6.07) is 0. The summed E-state index contributed by atoms with van der Waals surface area (Å²) < 4.78 is 0. The second-order valence-electron chi connectivity index (χ2n) is 4.19. The molecule has 1 atom stereocenters. The number of likely N-dealkylation sites (N-methyl/N-ethyl adjacent to an activating group) is 1. The smallest absolute Gasteiger partial charge is 0.0885 e. The fourth-order valence-electron chi connectivity index (χ4n) is 1.89. The zero-order chi connectivity index (χ0) is 10.6. The summed E-state index contributed by atoms with van der Waals surface area (Å²) in [5.74, 6) is 0. The van der Waals surface area contributed by atoms with E-state index in [0.29, 0.717) is 0 Å². The molecule has 2 heteroatoms. The van der Waals surface area contributed by atoms with E-state index in [0.717, 1.165) is 25.8 Å². The Morgan fingerprint density at radius 2 is 2.21 bits per heavy atom. The summed E-state index contributed by atoms with van der Waals surface area (Å²) in [7, 11) is 3.98. The molecule has 1 rings (SSSR count). The lowest BCUT2D eigenvalue weighted by Gasteiger charge is -2.18. The van der Waals surface area contributed by atoms with E-state index in [9.17, 15) is 5.11 Å². The molecule has 0 amide bonds. The monoisotopic (exact) mass is 195 g/mol.